The zero-order chi connectivity index (χ0) is 14.1. The van der Waals surface area contributed by atoms with Crippen LogP contribution in [0.15, 0.2) is 0 Å². The molecule has 19 heavy (non-hydrogen) atoms. The van der Waals surface area contributed by atoms with Gasteiger partial charge in [0.15, 0.2) is 0 Å². The Labute approximate surface area is 117 Å². The molecule has 2 unspecified atom stereocenters. The molecule has 0 radical (unpaired) electrons. The van der Waals surface area contributed by atoms with Crippen LogP contribution in [0.25, 0.3) is 0 Å². The number of methoxy groups -OCH3 is 1. The Morgan fingerprint density at radius 1 is 1.32 bits per heavy atom. The topological polar surface area (TPSA) is 47.6 Å². The number of nitrogens with one attached hydrogen (secondary N) is 1. The molecule has 1 N–H and O–H groups in total. The zero-order valence-electron chi connectivity index (χ0n) is 12.7. The molecule has 0 aromatic heterocycles. The zero-order valence-corrected chi connectivity index (χ0v) is 12.7. The van der Waals surface area contributed by atoms with Gasteiger partial charge in [0, 0.05) is 13.7 Å². The molecule has 1 aliphatic rings. The van der Waals surface area contributed by atoms with Crippen molar-refractivity contribution >= 4 is 5.97 Å². The Balaban J connectivity index is 2.70. The molecule has 1 saturated carbocycles. The maximum Gasteiger partial charge on any atom is 0.326 e. The fraction of sp³-hybridized carbons (Fsp3) is 0.933. The molecule has 4 heteroatoms. The first-order chi connectivity index (χ1) is 9.18. The molecule has 0 aromatic carbocycles. The van der Waals surface area contributed by atoms with E-state index in [1.807, 2.05) is 6.92 Å². The number of hydrogen-bond donors (Lipinski definition) is 1. The minimum Gasteiger partial charge on any atom is -0.465 e. The quantitative estimate of drug-likeness (QED) is 0.439. The van der Waals surface area contributed by atoms with Crippen molar-refractivity contribution in [2.24, 2.45) is 5.92 Å². The Morgan fingerprint density at radius 3 is 2.74 bits per heavy atom. The minimum atomic E-state index is -0.488. The van der Waals surface area contributed by atoms with Crippen LogP contribution in [-0.2, 0) is 14.3 Å². The SMILES string of the molecule is CCOC(=O)C1(NCCOC)CCCC(CC)CC1. The average Bonchev–Trinajstić information content (AvgIpc) is 2.63. The van der Waals surface area contributed by atoms with E-state index in [1.54, 1.807) is 7.11 Å². The van der Waals surface area contributed by atoms with Crippen molar-refractivity contribution in [2.45, 2.75) is 57.9 Å². The van der Waals surface area contributed by atoms with Crippen molar-refractivity contribution in [3.63, 3.8) is 0 Å². The van der Waals surface area contributed by atoms with Crippen LogP contribution in [0, 0.1) is 5.92 Å². The molecule has 0 aromatic rings. The third-order valence-corrected chi connectivity index (χ3v) is 4.21. The maximum atomic E-state index is 12.3. The van der Waals surface area contributed by atoms with Crippen molar-refractivity contribution < 1.29 is 14.3 Å². The first-order valence-corrected chi connectivity index (χ1v) is 7.59. The molecule has 1 fully saturated rings. The van der Waals surface area contributed by atoms with Gasteiger partial charge in [-0.15, -0.1) is 0 Å². The maximum absolute atomic E-state index is 12.3. The van der Waals surface area contributed by atoms with Gasteiger partial charge in [0.1, 0.15) is 5.54 Å². The number of rotatable bonds is 7. The molecular weight excluding hydrogens is 242 g/mol. The molecule has 0 amide bonds. The van der Waals surface area contributed by atoms with Crippen LogP contribution in [0.5, 0.6) is 0 Å². The lowest BCUT2D eigenvalue weighted by Gasteiger charge is -2.31. The molecule has 1 aliphatic carbocycles. The van der Waals surface area contributed by atoms with E-state index in [-0.39, 0.29) is 5.97 Å². The highest BCUT2D eigenvalue weighted by Crippen LogP contribution is 2.32. The lowest BCUT2D eigenvalue weighted by Crippen LogP contribution is -2.53. The van der Waals surface area contributed by atoms with Crippen LogP contribution < -0.4 is 5.32 Å². The van der Waals surface area contributed by atoms with Crippen molar-refractivity contribution in [2.75, 3.05) is 26.9 Å². The highest BCUT2D eigenvalue weighted by Gasteiger charge is 2.40. The lowest BCUT2D eigenvalue weighted by molar-refractivity contribution is -0.152. The van der Waals surface area contributed by atoms with Crippen LogP contribution in [-0.4, -0.2) is 38.4 Å². The second-order valence-corrected chi connectivity index (χ2v) is 5.43. The van der Waals surface area contributed by atoms with E-state index in [4.69, 9.17) is 9.47 Å². The first-order valence-electron chi connectivity index (χ1n) is 7.59. The van der Waals surface area contributed by atoms with Gasteiger partial charge >= 0.3 is 5.97 Å². The number of carbonyl (C=O) groups is 1. The van der Waals surface area contributed by atoms with Crippen LogP contribution in [0.3, 0.4) is 0 Å². The van der Waals surface area contributed by atoms with E-state index in [0.717, 1.165) is 31.6 Å². The standard InChI is InChI=1S/C15H29NO3/c1-4-13-7-6-9-15(10-8-13,14(17)19-5-2)16-11-12-18-3/h13,16H,4-12H2,1-3H3. The second-order valence-electron chi connectivity index (χ2n) is 5.43. The summed E-state index contributed by atoms with van der Waals surface area (Å²) in [5.74, 6) is 0.670. The normalized spacial score (nSPS) is 27.8. The molecule has 0 spiro atoms. The van der Waals surface area contributed by atoms with Crippen molar-refractivity contribution in [3.8, 4) is 0 Å². The Kier molecular flexibility index (Phi) is 7.39. The fourth-order valence-electron chi connectivity index (χ4n) is 2.94. The number of ether oxygens (including phenoxy) is 2. The lowest BCUT2D eigenvalue weighted by atomic mass is 9.89. The van der Waals surface area contributed by atoms with E-state index >= 15 is 0 Å². The molecule has 0 heterocycles. The number of esters is 1. The molecule has 112 valence electrons. The van der Waals surface area contributed by atoms with Crippen LogP contribution in [0.4, 0.5) is 0 Å². The van der Waals surface area contributed by atoms with Crippen molar-refractivity contribution in [1.82, 2.24) is 5.32 Å². The monoisotopic (exact) mass is 271 g/mol. The summed E-state index contributed by atoms with van der Waals surface area (Å²) < 4.78 is 10.4. The summed E-state index contributed by atoms with van der Waals surface area (Å²) in [7, 11) is 1.68. The fourth-order valence-corrected chi connectivity index (χ4v) is 2.94. The number of hydrogen-bond acceptors (Lipinski definition) is 4. The van der Waals surface area contributed by atoms with E-state index in [9.17, 15) is 4.79 Å². The summed E-state index contributed by atoms with van der Waals surface area (Å²) in [4.78, 5) is 12.3. The molecule has 0 aliphatic heterocycles. The third-order valence-electron chi connectivity index (χ3n) is 4.21. The molecular formula is C15H29NO3. The summed E-state index contributed by atoms with van der Waals surface area (Å²) >= 11 is 0. The summed E-state index contributed by atoms with van der Waals surface area (Å²) in [5, 5.41) is 3.41. The van der Waals surface area contributed by atoms with E-state index in [1.165, 1.54) is 12.8 Å². The van der Waals surface area contributed by atoms with Gasteiger partial charge in [-0.25, -0.2) is 0 Å². The van der Waals surface area contributed by atoms with Gasteiger partial charge < -0.3 is 9.47 Å². The van der Waals surface area contributed by atoms with Gasteiger partial charge in [0.2, 0.25) is 0 Å². The largest absolute Gasteiger partial charge is 0.465 e. The smallest absolute Gasteiger partial charge is 0.326 e. The van der Waals surface area contributed by atoms with Gasteiger partial charge in [-0.2, -0.15) is 0 Å². The van der Waals surface area contributed by atoms with Crippen molar-refractivity contribution in [3.05, 3.63) is 0 Å². The predicted octanol–water partition coefficient (Wildman–Crippen LogP) is 2.51. The van der Waals surface area contributed by atoms with Crippen LogP contribution in [0.2, 0.25) is 0 Å². The Morgan fingerprint density at radius 2 is 2.11 bits per heavy atom. The Bertz CT molecular complexity index is 270. The van der Waals surface area contributed by atoms with E-state index < -0.39 is 5.54 Å². The summed E-state index contributed by atoms with van der Waals surface area (Å²) in [6, 6.07) is 0. The van der Waals surface area contributed by atoms with E-state index in [2.05, 4.69) is 12.2 Å². The Hall–Kier alpha value is -0.610. The van der Waals surface area contributed by atoms with Gasteiger partial charge in [0.05, 0.1) is 13.2 Å². The highest BCUT2D eigenvalue weighted by molar-refractivity contribution is 5.80. The number of carbonyl (C=O) groups excluding carboxylic acids is 1. The minimum absolute atomic E-state index is 0.0807. The summed E-state index contributed by atoms with van der Waals surface area (Å²) in [6.45, 7) is 5.88. The molecule has 0 saturated heterocycles. The molecule has 4 nitrogen and oxygen atoms in total. The van der Waals surface area contributed by atoms with E-state index in [0.29, 0.717) is 19.8 Å². The average molecular weight is 271 g/mol. The van der Waals surface area contributed by atoms with Gasteiger partial charge in [-0.05, 0) is 32.1 Å². The predicted molar refractivity (Wildman–Crippen MR) is 76.1 cm³/mol. The second kappa shape index (κ2) is 8.54. The van der Waals surface area contributed by atoms with Crippen LogP contribution in [0.1, 0.15) is 52.4 Å². The van der Waals surface area contributed by atoms with Gasteiger partial charge in [0.25, 0.3) is 0 Å². The van der Waals surface area contributed by atoms with Gasteiger partial charge in [-0.1, -0.05) is 26.2 Å². The summed E-state index contributed by atoms with van der Waals surface area (Å²) in [5.41, 5.74) is -0.488. The summed E-state index contributed by atoms with van der Waals surface area (Å²) in [6.07, 6.45) is 6.40. The highest BCUT2D eigenvalue weighted by atomic mass is 16.5. The molecule has 2 atom stereocenters. The molecule has 0 bridgehead atoms. The van der Waals surface area contributed by atoms with Crippen LogP contribution >= 0.6 is 0 Å². The third kappa shape index (κ3) is 4.77. The molecule has 1 rings (SSSR count). The first kappa shape index (κ1) is 16.4. The van der Waals surface area contributed by atoms with Gasteiger partial charge in [-0.3, -0.25) is 10.1 Å². The van der Waals surface area contributed by atoms with Crippen molar-refractivity contribution in [1.29, 1.82) is 0 Å².